The summed E-state index contributed by atoms with van der Waals surface area (Å²) in [6, 6.07) is 8.16. The number of nitrogens with zero attached hydrogens (tertiary/aromatic N) is 5. The number of benzene rings is 1. The first-order valence-corrected chi connectivity index (χ1v) is 11.5. The van der Waals surface area contributed by atoms with E-state index < -0.39 is 0 Å². The standard InChI is InChI=1S/C24H31N5O2/c1-31-21-7-5-20(6-8-21)27-12-14-28(15-13-27)23(30)18-4-9-22-19(16-18)17-25-24(26-22)29-10-2-3-11-29/h5-8,17-18H,2-4,9-16H2,1H3. The number of aryl methyl sites for hydroxylation is 1. The normalized spacial score (nSPS) is 21.2. The number of rotatable bonds is 4. The van der Waals surface area contributed by atoms with Crippen molar-refractivity contribution in [2.75, 3.05) is 56.2 Å². The van der Waals surface area contributed by atoms with Crippen molar-refractivity contribution in [1.29, 1.82) is 0 Å². The predicted octanol–water partition coefficient (Wildman–Crippen LogP) is 2.54. The maximum absolute atomic E-state index is 13.2. The molecule has 1 atom stereocenters. The molecule has 2 aromatic rings. The van der Waals surface area contributed by atoms with E-state index in [-0.39, 0.29) is 5.92 Å². The number of ether oxygens (including phenoxy) is 1. The molecule has 2 fully saturated rings. The Bertz CT molecular complexity index is 918. The molecule has 7 nitrogen and oxygen atoms in total. The number of methoxy groups -OCH3 is 1. The second-order valence-electron chi connectivity index (χ2n) is 8.79. The molecular weight excluding hydrogens is 390 g/mol. The summed E-state index contributed by atoms with van der Waals surface area (Å²) in [7, 11) is 1.68. The minimum Gasteiger partial charge on any atom is -0.497 e. The molecule has 31 heavy (non-hydrogen) atoms. The second-order valence-corrected chi connectivity index (χ2v) is 8.79. The Morgan fingerprint density at radius 2 is 1.74 bits per heavy atom. The fourth-order valence-corrected chi connectivity index (χ4v) is 5.01. The van der Waals surface area contributed by atoms with E-state index in [0.717, 1.165) is 81.5 Å². The highest BCUT2D eigenvalue weighted by atomic mass is 16.5. The lowest BCUT2D eigenvalue weighted by atomic mass is 9.86. The van der Waals surface area contributed by atoms with Gasteiger partial charge in [-0.3, -0.25) is 4.79 Å². The second kappa shape index (κ2) is 8.73. The number of hydrogen-bond donors (Lipinski definition) is 0. The van der Waals surface area contributed by atoms with Gasteiger partial charge in [0.2, 0.25) is 11.9 Å². The summed E-state index contributed by atoms with van der Waals surface area (Å²) in [4.78, 5) is 29.3. The molecule has 1 unspecified atom stereocenters. The third kappa shape index (κ3) is 4.18. The molecule has 164 valence electrons. The summed E-state index contributed by atoms with van der Waals surface area (Å²) in [5, 5.41) is 0. The summed E-state index contributed by atoms with van der Waals surface area (Å²) >= 11 is 0. The molecule has 0 spiro atoms. The van der Waals surface area contributed by atoms with E-state index in [0.29, 0.717) is 5.91 Å². The van der Waals surface area contributed by atoms with Gasteiger partial charge in [-0.1, -0.05) is 0 Å². The predicted molar refractivity (Wildman–Crippen MR) is 121 cm³/mol. The lowest BCUT2D eigenvalue weighted by Gasteiger charge is -2.38. The fourth-order valence-electron chi connectivity index (χ4n) is 5.01. The number of aromatic nitrogens is 2. The molecule has 0 bridgehead atoms. The first kappa shape index (κ1) is 20.1. The highest BCUT2D eigenvalue weighted by Crippen LogP contribution is 2.28. The zero-order chi connectivity index (χ0) is 21.2. The van der Waals surface area contributed by atoms with Gasteiger partial charge in [0, 0.05) is 62.8 Å². The molecule has 0 saturated carbocycles. The Morgan fingerprint density at radius 1 is 1.00 bits per heavy atom. The van der Waals surface area contributed by atoms with E-state index in [1.54, 1.807) is 7.11 Å². The summed E-state index contributed by atoms with van der Waals surface area (Å²) in [6.45, 7) is 5.40. The third-order valence-electron chi connectivity index (χ3n) is 6.90. The summed E-state index contributed by atoms with van der Waals surface area (Å²) in [5.41, 5.74) is 3.49. The van der Waals surface area contributed by atoms with Crippen LogP contribution in [0.5, 0.6) is 5.75 Å². The van der Waals surface area contributed by atoms with Gasteiger partial charge in [0.25, 0.3) is 0 Å². The zero-order valence-corrected chi connectivity index (χ0v) is 18.3. The van der Waals surface area contributed by atoms with Crippen LogP contribution in [0.4, 0.5) is 11.6 Å². The minimum absolute atomic E-state index is 0.0567. The van der Waals surface area contributed by atoms with Gasteiger partial charge in [0.15, 0.2) is 0 Å². The number of piperazine rings is 1. The van der Waals surface area contributed by atoms with Gasteiger partial charge in [-0.2, -0.15) is 0 Å². The van der Waals surface area contributed by atoms with E-state index in [2.05, 4.69) is 31.8 Å². The van der Waals surface area contributed by atoms with Crippen molar-refractivity contribution < 1.29 is 9.53 Å². The van der Waals surface area contributed by atoms with Crippen molar-refractivity contribution in [3.05, 3.63) is 41.7 Å². The lowest BCUT2D eigenvalue weighted by molar-refractivity contribution is -0.136. The van der Waals surface area contributed by atoms with E-state index >= 15 is 0 Å². The van der Waals surface area contributed by atoms with Crippen molar-refractivity contribution in [3.8, 4) is 5.75 Å². The monoisotopic (exact) mass is 421 g/mol. The van der Waals surface area contributed by atoms with Crippen LogP contribution in [0.1, 0.15) is 30.5 Å². The molecule has 3 heterocycles. The van der Waals surface area contributed by atoms with Crippen molar-refractivity contribution in [2.24, 2.45) is 5.92 Å². The molecule has 0 N–H and O–H groups in total. The van der Waals surface area contributed by atoms with E-state index in [4.69, 9.17) is 9.72 Å². The number of amides is 1. The molecule has 1 aromatic heterocycles. The highest BCUT2D eigenvalue weighted by Gasteiger charge is 2.31. The molecule has 1 amide bonds. The minimum atomic E-state index is 0.0567. The molecule has 0 radical (unpaired) electrons. The number of fused-ring (bicyclic) bond motifs is 1. The molecule has 1 aromatic carbocycles. The van der Waals surface area contributed by atoms with E-state index in [1.807, 2.05) is 18.3 Å². The van der Waals surface area contributed by atoms with Crippen LogP contribution in [-0.4, -0.2) is 67.2 Å². The number of anilines is 2. The van der Waals surface area contributed by atoms with Crippen LogP contribution in [0.15, 0.2) is 30.5 Å². The van der Waals surface area contributed by atoms with Crippen LogP contribution in [0.25, 0.3) is 0 Å². The van der Waals surface area contributed by atoms with Crippen LogP contribution < -0.4 is 14.5 Å². The van der Waals surface area contributed by atoms with E-state index in [9.17, 15) is 4.79 Å². The van der Waals surface area contributed by atoms with Crippen LogP contribution in [0.2, 0.25) is 0 Å². The molecule has 3 aliphatic rings. The number of hydrogen-bond acceptors (Lipinski definition) is 6. The molecule has 1 aliphatic carbocycles. The Balaban J connectivity index is 1.18. The molecule has 5 rings (SSSR count). The number of carbonyl (C=O) groups excluding carboxylic acids is 1. The average molecular weight is 422 g/mol. The first-order valence-electron chi connectivity index (χ1n) is 11.5. The summed E-state index contributed by atoms with van der Waals surface area (Å²) in [5.74, 6) is 2.09. The van der Waals surface area contributed by atoms with E-state index in [1.165, 1.54) is 18.5 Å². The van der Waals surface area contributed by atoms with Crippen molar-refractivity contribution >= 4 is 17.5 Å². The highest BCUT2D eigenvalue weighted by molar-refractivity contribution is 5.80. The van der Waals surface area contributed by atoms with Gasteiger partial charge in [-0.25, -0.2) is 9.97 Å². The van der Waals surface area contributed by atoms with Crippen molar-refractivity contribution in [3.63, 3.8) is 0 Å². The maximum Gasteiger partial charge on any atom is 0.226 e. The molecular formula is C24H31N5O2. The summed E-state index contributed by atoms with van der Waals surface area (Å²) < 4.78 is 5.25. The lowest BCUT2D eigenvalue weighted by Crippen LogP contribution is -2.51. The SMILES string of the molecule is COc1ccc(N2CCN(C(=O)C3CCc4nc(N5CCCC5)ncc4C3)CC2)cc1. The Morgan fingerprint density at radius 3 is 2.45 bits per heavy atom. The third-order valence-corrected chi connectivity index (χ3v) is 6.90. The Kier molecular flexibility index (Phi) is 5.66. The quantitative estimate of drug-likeness (QED) is 0.756. The average Bonchev–Trinajstić information content (AvgIpc) is 3.38. The molecule has 2 aliphatic heterocycles. The van der Waals surface area contributed by atoms with Gasteiger partial charge in [0.1, 0.15) is 5.75 Å². The van der Waals surface area contributed by atoms with Gasteiger partial charge in [-0.05, 0) is 61.9 Å². The van der Waals surface area contributed by atoms with Gasteiger partial charge in [0.05, 0.1) is 7.11 Å². The zero-order valence-electron chi connectivity index (χ0n) is 18.3. The smallest absolute Gasteiger partial charge is 0.226 e. The van der Waals surface area contributed by atoms with Gasteiger partial charge < -0.3 is 19.4 Å². The Hall–Kier alpha value is -2.83. The van der Waals surface area contributed by atoms with Crippen LogP contribution in [0.3, 0.4) is 0 Å². The largest absolute Gasteiger partial charge is 0.497 e. The van der Waals surface area contributed by atoms with Gasteiger partial charge in [-0.15, -0.1) is 0 Å². The van der Waals surface area contributed by atoms with Crippen molar-refractivity contribution in [1.82, 2.24) is 14.9 Å². The summed E-state index contributed by atoms with van der Waals surface area (Å²) in [6.07, 6.45) is 6.96. The molecule has 2 saturated heterocycles. The van der Waals surface area contributed by atoms with Crippen LogP contribution in [0, 0.1) is 5.92 Å². The fraction of sp³-hybridized carbons (Fsp3) is 0.542. The number of carbonyl (C=O) groups is 1. The van der Waals surface area contributed by atoms with Crippen molar-refractivity contribution in [2.45, 2.75) is 32.1 Å². The van der Waals surface area contributed by atoms with Gasteiger partial charge >= 0.3 is 0 Å². The topological polar surface area (TPSA) is 61.8 Å². The molecule has 7 heteroatoms. The maximum atomic E-state index is 13.2. The Labute approximate surface area is 184 Å². The van der Waals surface area contributed by atoms with Crippen LogP contribution >= 0.6 is 0 Å². The first-order chi connectivity index (χ1) is 15.2. The van der Waals surface area contributed by atoms with Crippen LogP contribution in [-0.2, 0) is 17.6 Å².